The van der Waals surface area contributed by atoms with Gasteiger partial charge in [-0.25, -0.2) is 13.1 Å². The summed E-state index contributed by atoms with van der Waals surface area (Å²) < 4.78 is 32.0. The van der Waals surface area contributed by atoms with E-state index in [4.69, 9.17) is 4.74 Å². The van der Waals surface area contributed by atoms with E-state index in [1.165, 1.54) is 7.11 Å². The average Bonchev–Trinajstić information content (AvgIpc) is 2.39. The van der Waals surface area contributed by atoms with Crippen molar-refractivity contribution >= 4 is 21.8 Å². The molecule has 7 heteroatoms. The zero-order valence-corrected chi connectivity index (χ0v) is 13.0. The molecule has 1 aromatic carbocycles. The maximum absolute atomic E-state index is 12.1. The molecule has 19 heavy (non-hydrogen) atoms. The van der Waals surface area contributed by atoms with Crippen molar-refractivity contribution in [2.75, 3.05) is 32.7 Å². The van der Waals surface area contributed by atoms with Crippen molar-refractivity contribution in [1.29, 1.82) is 0 Å². The van der Waals surface area contributed by atoms with Crippen LogP contribution in [0.4, 0.5) is 0 Å². The highest BCUT2D eigenvalue weighted by atomic mass is 32.2. The Morgan fingerprint density at radius 2 is 2.11 bits per heavy atom. The Morgan fingerprint density at radius 3 is 2.68 bits per heavy atom. The van der Waals surface area contributed by atoms with Crippen LogP contribution in [-0.2, 0) is 16.6 Å². The van der Waals surface area contributed by atoms with Crippen LogP contribution in [0.2, 0.25) is 0 Å². The minimum atomic E-state index is -3.52. The van der Waals surface area contributed by atoms with Gasteiger partial charge in [-0.2, -0.15) is 11.8 Å². The van der Waals surface area contributed by atoms with Crippen molar-refractivity contribution in [3.8, 4) is 5.75 Å². The van der Waals surface area contributed by atoms with E-state index in [1.807, 2.05) is 13.3 Å². The molecule has 0 aliphatic heterocycles. The summed E-state index contributed by atoms with van der Waals surface area (Å²) in [6.45, 7) is 1.07. The second-order valence-electron chi connectivity index (χ2n) is 3.91. The zero-order chi connectivity index (χ0) is 14.3. The van der Waals surface area contributed by atoms with Gasteiger partial charge in [0.05, 0.1) is 7.11 Å². The highest BCUT2D eigenvalue weighted by Gasteiger charge is 2.19. The van der Waals surface area contributed by atoms with Gasteiger partial charge in [-0.1, -0.05) is 6.07 Å². The standard InChI is InChI=1S/C12H20N2O3S2/c1-13-9-10-4-5-12(11(8-10)17-2)19(15,16)14-6-7-18-3/h4-5,8,13-14H,6-7,9H2,1-3H3. The summed E-state index contributed by atoms with van der Waals surface area (Å²) in [7, 11) is -0.210. The number of ether oxygens (including phenoxy) is 1. The predicted molar refractivity (Wildman–Crippen MR) is 79.3 cm³/mol. The van der Waals surface area contributed by atoms with E-state index >= 15 is 0 Å². The highest BCUT2D eigenvalue weighted by Crippen LogP contribution is 2.24. The van der Waals surface area contributed by atoms with E-state index in [0.29, 0.717) is 18.8 Å². The number of benzene rings is 1. The topological polar surface area (TPSA) is 67.4 Å². The van der Waals surface area contributed by atoms with Gasteiger partial charge in [0.2, 0.25) is 10.0 Å². The van der Waals surface area contributed by atoms with Crippen LogP contribution in [0.15, 0.2) is 23.1 Å². The molecule has 0 saturated carbocycles. The van der Waals surface area contributed by atoms with Crippen LogP contribution in [0.3, 0.4) is 0 Å². The quantitative estimate of drug-likeness (QED) is 0.703. The molecule has 0 atom stereocenters. The van der Waals surface area contributed by atoms with Crippen molar-refractivity contribution in [2.24, 2.45) is 0 Å². The maximum Gasteiger partial charge on any atom is 0.244 e. The van der Waals surface area contributed by atoms with E-state index in [9.17, 15) is 8.42 Å². The van der Waals surface area contributed by atoms with E-state index < -0.39 is 10.0 Å². The number of methoxy groups -OCH3 is 1. The fourth-order valence-corrected chi connectivity index (χ4v) is 3.22. The fourth-order valence-electron chi connectivity index (χ4n) is 1.60. The van der Waals surface area contributed by atoms with Crippen molar-refractivity contribution < 1.29 is 13.2 Å². The molecule has 0 aliphatic carbocycles. The first-order valence-corrected chi connectivity index (χ1v) is 8.73. The number of thioether (sulfide) groups is 1. The van der Waals surface area contributed by atoms with Gasteiger partial charge < -0.3 is 10.1 Å². The monoisotopic (exact) mass is 304 g/mol. The SMILES string of the molecule is CNCc1ccc(S(=O)(=O)NCCSC)c(OC)c1. The van der Waals surface area contributed by atoms with Crippen LogP contribution >= 0.6 is 11.8 Å². The van der Waals surface area contributed by atoms with Gasteiger partial charge in [0.25, 0.3) is 0 Å². The van der Waals surface area contributed by atoms with Gasteiger partial charge in [-0.05, 0) is 31.0 Å². The number of rotatable bonds is 8. The summed E-state index contributed by atoms with van der Waals surface area (Å²) in [6, 6.07) is 5.09. The summed E-state index contributed by atoms with van der Waals surface area (Å²) in [6.07, 6.45) is 1.93. The molecule has 0 radical (unpaired) electrons. The van der Waals surface area contributed by atoms with Crippen LogP contribution in [0.5, 0.6) is 5.75 Å². The zero-order valence-electron chi connectivity index (χ0n) is 11.4. The summed E-state index contributed by atoms with van der Waals surface area (Å²) in [4.78, 5) is 0.177. The third kappa shape index (κ3) is 4.68. The molecular formula is C12H20N2O3S2. The van der Waals surface area contributed by atoms with Gasteiger partial charge in [0, 0.05) is 18.8 Å². The summed E-state index contributed by atoms with van der Waals surface area (Å²) in [5.74, 6) is 1.10. The molecule has 1 aromatic rings. The fraction of sp³-hybridized carbons (Fsp3) is 0.500. The average molecular weight is 304 g/mol. The van der Waals surface area contributed by atoms with E-state index in [2.05, 4.69) is 10.0 Å². The molecular weight excluding hydrogens is 284 g/mol. The van der Waals surface area contributed by atoms with Crippen LogP contribution in [-0.4, -0.2) is 41.1 Å². The predicted octanol–water partition coefficient (Wildman–Crippen LogP) is 1.06. The molecule has 0 aliphatic rings. The first-order chi connectivity index (χ1) is 9.05. The Kier molecular flexibility index (Phi) is 6.64. The molecule has 108 valence electrons. The largest absolute Gasteiger partial charge is 0.495 e. The van der Waals surface area contributed by atoms with Crippen molar-refractivity contribution in [3.63, 3.8) is 0 Å². The lowest BCUT2D eigenvalue weighted by molar-refractivity contribution is 0.401. The minimum Gasteiger partial charge on any atom is -0.495 e. The van der Waals surface area contributed by atoms with Gasteiger partial charge >= 0.3 is 0 Å². The van der Waals surface area contributed by atoms with Crippen molar-refractivity contribution in [3.05, 3.63) is 23.8 Å². The molecule has 0 unspecified atom stereocenters. The number of nitrogens with one attached hydrogen (secondary N) is 2. The molecule has 0 bridgehead atoms. The van der Waals surface area contributed by atoms with E-state index in [-0.39, 0.29) is 4.90 Å². The Bertz CT molecular complexity index is 504. The molecule has 0 spiro atoms. The molecule has 0 aromatic heterocycles. The Hall–Kier alpha value is -0.760. The minimum absolute atomic E-state index is 0.177. The molecule has 0 amide bonds. The van der Waals surface area contributed by atoms with Crippen LogP contribution in [0, 0.1) is 0 Å². The lowest BCUT2D eigenvalue weighted by Gasteiger charge is -2.12. The normalized spacial score (nSPS) is 11.5. The molecule has 0 heterocycles. The smallest absolute Gasteiger partial charge is 0.244 e. The number of hydrogen-bond donors (Lipinski definition) is 2. The van der Waals surface area contributed by atoms with Gasteiger partial charge in [-0.15, -0.1) is 0 Å². The van der Waals surface area contributed by atoms with Crippen molar-refractivity contribution in [2.45, 2.75) is 11.4 Å². The molecule has 0 saturated heterocycles. The van der Waals surface area contributed by atoms with E-state index in [0.717, 1.165) is 11.3 Å². The van der Waals surface area contributed by atoms with Gasteiger partial charge in [0.1, 0.15) is 10.6 Å². The highest BCUT2D eigenvalue weighted by molar-refractivity contribution is 7.98. The maximum atomic E-state index is 12.1. The molecule has 5 nitrogen and oxygen atoms in total. The Morgan fingerprint density at radius 1 is 1.37 bits per heavy atom. The van der Waals surface area contributed by atoms with E-state index in [1.54, 1.807) is 30.0 Å². The number of hydrogen-bond acceptors (Lipinski definition) is 5. The second-order valence-corrected chi connectivity index (χ2v) is 6.63. The first kappa shape index (κ1) is 16.3. The number of sulfonamides is 1. The van der Waals surface area contributed by atoms with Crippen molar-refractivity contribution in [1.82, 2.24) is 10.0 Å². The Labute approximate surface area is 119 Å². The van der Waals surface area contributed by atoms with Gasteiger partial charge in [0.15, 0.2) is 0 Å². The van der Waals surface area contributed by atoms with Crippen LogP contribution < -0.4 is 14.8 Å². The third-order valence-electron chi connectivity index (χ3n) is 2.50. The summed E-state index contributed by atoms with van der Waals surface area (Å²) in [5, 5.41) is 3.01. The third-order valence-corrected chi connectivity index (χ3v) is 4.61. The Balaban J connectivity index is 2.98. The molecule has 1 rings (SSSR count). The first-order valence-electron chi connectivity index (χ1n) is 5.85. The van der Waals surface area contributed by atoms with Gasteiger partial charge in [-0.3, -0.25) is 0 Å². The molecule has 0 fully saturated rings. The van der Waals surface area contributed by atoms with Crippen LogP contribution in [0.25, 0.3) is 0 Å². The lowest BCUT2D eigenvalue weighted by atomic mass is 10.2. The lowest BCUT2D eigenvalue weighted by Crippen LogP contribution is -2.26. The second kappa shape index (κ2) is 7.74. The summed E-state index contributed by atoms with van der Waals surface area (Å²) >= 11 is 1.59. The molecule has 2 N–H and O–H groups in total. The van der Waals surface area contributed by atoms with Crippen LogP contribution in [0.1, 0.15) is 5.56 Å². The summed E-state index contributed by atoms with van der Waals surface area (Å²) in [5.41, 5.74) is 0.974.